The molecule has 4 nitrogen and oxygen atoms in total. The lowest BCUT2D eigenvalue weighted by Gasteiger charge is -2.12. The molecule has 1 atom stereocenters. The molecule has 0 aromatic heterocycles. The van der Waals surface area contributed by atoms with Crippen LogP contribution in [0.15, 0.2) is 18.2 Å². The molecule has 90 valence electrons. The van der Waals surface area contributed by atoms with Crippen LogP contribution in [0.1, 0.15) is 12.0 Å². The molecule has 0 fully saturated rings. The predicted octanol–water partition coefficient (Wildman–Crippen LogP) is 1.39. The number of nitrogen functional groups attached to an aromatic ring is 1. The van der Waals surface area contributed by atoms with E-state index in [1.54, 1.807) is 7.11 Å². The lowest BCUT2D eigenvalue weighted by molar-refractivity contribution is 0.0615. The van der Waals surface area contributed by atoms with Crippen LogP contribution in [0, 0.1) is 6.92 Å². The van der Waals surface area contributed by atoms with Gasteiger partial charge in [-0.2, -0.15) is 0 Å². The van der Waals surface area contributed by atoms with Gasteiger partial charge < -0.3 is 20.9 Å². The summed E-state index contributed by atoms with van der Waals surface area (Å²) >= 11 is 0. The minimum Gasteiger partial charge on any atom is -0.397 e. The Hall–Kier alpha value is -1.26. The first-order valence-electron chi connectivity index (χ1n) is 5.40. The summed E-state index contributed by atoms with van der Waals surface area (Å²) in [5.41, 5.74) is 8.64. The zero-order valence-corrected chi connectivity index (χ0v) is 9.86. The first kappa shape index (κ1) is 12.8. The van der Waals surface area contributed by atoms with Crippen molar-refractivity contribution >= 4 is 11.4 Å². The van der Waals surface area contributed by atoms with Gasteiger partial charge in [-0.15, -0.1) is 0 Å². The number of aliphatic hydroxyl groups excluding tert-OH is 1. The molecule has 1 aromatic carbocycles. The molecule has 4 N–H and O–H groups in total. The highest BCUT2D eigenvalue weighted by Gasteiger charge is 2.03. The normalized spacial score (nSPS) is 12.4. The summed E-state index contributed by atoms with van der Waals surface area (Å²) in [5, 5.41) is 12.6. The van der Waals surface area contributed by atoms with Gasteiger partial charge in [0.05, 0.1) is 24.1 Å². The SMILES string of the molecule is COCC(O)CCNc1ccc(C)cc1N. The smallest absolute Gasteiger partial charge is 0.0790 e. The Morgan fingerprint density at radius 3 is 2.88 bits per heavy atom. The van der Waals surface area contributed by atoms with E-state index < -0.39 is 6.10 Å². The Morgan fingerprint density at radius 1 is 1.50 bits per heavy atom. The second kappa shape index (κ2) is 6.35. The molecule has 0 heterocycles. The van der Waals surface area contributed by atoms with Crippen LogP contribution in [0.2, 0.25) is 0 Å². The molecule has 4 heteroatoms. The molecule has 0 radical (unpaired) electrons. The number of rotatable bonds is 6. The number of ether oxygens (including phenoxy) is 1. The molecule has 0 saturated carbocycles. The topological polar surface area (TPSA) is 67.5 Å². The van der Waals surface area contributed by atoms with Gasteiger partial charge in [-0.05, 0) is 31.0 Å². The maximum Gasteiger partial charge on any atom is 0.0790 e. The molecular weight excluding hydrogens is 204 g/mol. The van der Waals surface area contributed by atoms with Gasteiger partial charge in [0.2, 0.25) is 0 Å². The summed E-state index contributed by atoms with van der Waals surface area (Å²) in [4.78, 5) is 0. The van der Waals surface area contributed by atoms with Crippen LogP contribution >= 0.6 is 0 Å². The van der Waals surface area contributed by atoms with Crippen molar-refractivity contribution in [2.24, 2.45) is 0 Å². The van der Waals surface area contributed by atoms with E-state index in [4.69, 9.17) is 10.5 Å². The first-order chi connectivity index (χ1) is 7.63. The van der Waals surface area contributed by atoms with Crippen molar-refractivity contribution in [2.75, 3.05) is 31.3 Å². The third-order valence-corrected chi connectivity index (χ3v) is 2.36. The summed E-state index contributed by atoms with van der Waals surface area (Å²) < 4.78 is 4.84. The molecule has 0 amide bonds. The van der Waals surface area contributed by atoms with Crippen molar-refractivity contribution in [3.8, 4) is 0 Å². The van der Waals surface area contributed by atoms with E-state index in [0.717, 1.165) is 16.9 Å². The average molecular weight is 224 g/mol. The standard InChI is InChI=1S/C12H20N2O2/c1-9-3-4-12(11(13)7-9)14-6-5-10(15)8-16-2/h3-4,7,10,14-15H,5-6,8,13H2,1-2H3. The van der Waals surface area contributed by atoms with E-state index in [1.165, 1.54) is 0 Å². The third kappa shape index (κ3) is 4.08. The Labute approximate surface area is 96.4 Å². The van der Waals surface area contributed by atoms with Gasteiger partial charge in [-0.25, -0.2) is 0 Å². The molecule has 0 aliphatic rings. The number of aryl methyl sites for hydroxylation is 1. The Morgan fingerprint density at radius 2 is 2.25 bits per heavy atom. The molecule has 0 aliphatic heterocycles. The predicted molar refractivity (Wildman–Crippen MR) is 66.6 cm³/mol. The molecule has 16 heavy (non-hydrogen) atoms. The van der Waals surface area contributed by atoms with Gasteiger partial charge in [0, 0.05) is 13.7 Å². The maximum absolute atomic E-state index is 9.44. The number of nitrogens with one attached hydrogen (secondary N) is 1. The van der Waals surface area contributed by atoms with Gasteiger partial charge in [-0.3, -0.25) is 0 Å². The third-order valence-electron chi connectivity index (χ3n) is 2.36. The van der Waals surface area contributed by atoms with E-state index in [1.807, 2.05) is 25.1 Å². The van der Waals surface area contributed by atoms with Crippen LogP contribution in [0.25, 0.3) is 0 Å². The quantitative estimate of drug-likeness (QED) is 0.639. The summed E-state index contributed by atoms with van der Waals surface area (Å²) in [6.45, 7) is 3.05. The Bertz CT molecular complexity index is 329. The minimum atomic E-state index is -0.427. The Balaban J connectivity index is 2.37. The van der Waals surface area contributed by atoms with Crippen LogP contribution in [0.5, 0.6) is 0 Å². The van der Waals surface area contributed by atoms with E-state index >= 15 is 0 Å². The zero-order chi connectivity index (χ0) is 12.0. The number of aliphatic hydroxyl groups is 1. The molecule has 0 bridgehead atoms. The zero-order valence-electron chi connectivity index (χ0n) is 9.86. The molecule has 0 saturated heterocycles. The highest BCUT2D eigenvalue weighted by Crippen LogP contribution is 2.19. The minimum absolute atomic E-state index is 0.366. The van der Waals surface area contributed by atoms with Crippen LogP contribution in [-0.2, 0) is 4.74 Å². The number of hydrogen-bond acceptors (Lipinski definition) is 4. The fourth-order valence-electron chi connectivity index (χ4n) is 1.49. The van der Waals surface area contributed by atoms with E-state index in [0.29, 0.717) is 19.6 Å². The fraction of sp³-hybridized carbons (Fsp3) is 0.500. The van der Waals surface area contributed by atoms with Gasteiger partial charge in [-0.1, -0.05) is 6.07 Å². The first-order valence-corrected chi connectivity index (χ1v) is 5.40. The van der Waals surface area contributed by atoms with Crippen molar-refractivity contribution < 1.29 is 9.84 Å². The lowest BCUT2D eigenvalue weighted by atomic mass is 10.2. The van der Waals surface area contributed by atoms with Crippen LogP contribution in [0.3, 0.4) is 0 Å². The van der Waals surface area contributed by atoms with Crippen molar-refractivity contribution in [2.45, 2.75) is 19.4 Å². The summed E-state index contributed by atoms with van der Waals surface area (Å²) in [5.74, 6) is 0. The number of methoxy groups -OCH3 is 1. The van der Waals surface area contributed by atoms with E-state index in [9.17, 15) is 5.11 Å². The molecule has 1 aromatic rings. The van der Waals surface area contributed by atoms with Crippen LogP contribution in [0.4, 0.5) is 11.4 Å². The van der Waals surface area contributed by atoms with Crippen molar-refractivity contribution in [3.05, 3.63) is 23.8 Å². The number of benzene rings is 1. The number of anilines is 2. The summed E-state index contributed by atoms with van der Waals surface area (Å²) in [6, 6.07) is 5.88. The summed E-state index contributed by atoms with van der Waals surface area (Å²) in [7, 11) is 1.58. The highest BCUT2D eigenvalue weighted by molar-refractivity contribution is 5.66. The Kier molecular flexibility index (Phi) is 5.08. The van der Waals surface area contributed by atoms with Gasteiger partial charge in [0.1, 0.15) is 0 Å². The van der Waals surface area contributed by atoms with Crippen molar-refractivity contribution in [1.29, 1.82) is 0 Å². The largest absolute Gasteiger partial charge is 0.397 e. The van der Waals surface area contributed by atoms with Gasteiger partial charge in [0.15, 0.2) is 0 Å². The number of nitrogens with two attached hydrogens (primary N) is 1. The molecule has 0 spiro atoms. The van der Waals surface area contributed by atoms with Crippen LogP contribution in [-0.4, -0.2) is 31.5 Å². The molecule has 1 unspecified atom stereocenters. The van der Waals surface area contributed by atoms with Gasteiger partial charge >= 0.3 is 0 Å². The lowest BCUT2D eigenvalue weighted by Crippen LogP contribution is -2.18. The average Bonchev–Trinajstić information content (AvgIpc) is 2.22. The second-order valence-electron chi connectivity index (χ2n) is 3.92. The monoisotopic (exact) mass is 224 g/mol. The molecular formula is C12H20N2O2. The van der Waals surface area contributed by atoms with Crippen molar-refractivity contribution in [3.63, 3.8) is 0 Å². The maximum atomic E-state index is 9.44. The van der Waals surface area contributed by atoms with E-state index in [2.05, 4.69) is 5.32 Å². The summed E-state index contributed by atoms with van der Waals surface area (Å²) in [6.07, 6.45) is 0.213. The fourth-order valence-corrected chi connectivity index (χ4v) is 1.49. The van der Waals surface area contributed by atoms with Crippen molar-refractivity contribution in [1.82, 2.24) is 0 Å². The molecule has 1 rings (SSSR count). The molecule has 0 aliphatic carbocycles. The second-order valence-corrected chi connectivity index (χ2v) is 3.92. The van der Waals surface area contributed by atoms with E-state index in [-0.39, 0.29) is 0 Å². The van der Waals surface area contributed by atoms with Gasteiger partial charge in [0.25, 0.3) is 0 Å². The highest BCUT2D eigenvalue weighted by atomic mass is 16.5. The number of hydrogen-bond donors (Lipinski definition) is 3. The van der Waals surface area contributed by atoms with Crippen LogP contribution < -0.4 is 11.1 Å².